The lowest BCUT2D eigenvalue weighted by Crippen LogP contribution is -2.48. The largest absolute Gasteiger partial charge is 0.369 e. The van der Waals surface area contributed by atoms with Gasteiger partial charge in [0.1, 0.15) is 6.67 Å². The number of aliphatic hydroxyl groups is 4. The van der Waals surface area contributed by atoms with Gasteiger partial charge in [-0.15, -0.1) is 0 Å². The Bertz CT molecular complexity index is 397. The summed E-state index contributed by atoms with van der Waals surface area (Å²) >= 11 is 0. The third kappa shape index (κ3) is 2.29. The SMILES string of the molecule is CCN1C(=O)N(CN2C(=O)N(CC)C(O)C2O)C(O)C1O. The molecular formula is C11H20N4O6. The molecule has 2 aliphatic heterocycles. The molecule has 4 unspecified atom stereocenters. The van der Waals surface area contributed by atoms with Crippen LogP contribution in [0.2, 0.25) is 0 Å². The fourth-order valence-electron chi connectivity index (χ4n) is 2.52. The van der Waals surface area contributed by atoms with Crippen LogP contribution in [0.5, 0.6) is 0 Å². The van der Waals surface area contributed by atoms with Gasteiger partial charge < -0.3 is 20.4 Å². The third-order valence-corrected chi connectivity index (χ3v) is 3.78. The van der Waals surface area contributed by atoms with E-state index in [2.05, 4.69) is 0 Å². The first-order valence-electron chi connectivity index (χ1n) is 6.71. The standard InChI is InChI=1S/C11H20N4O6/c1-3-12-6(16)8(18)14(10(12)20)5-15-9(19)7(17)13(4-2)11(15)21/h6-9,16-19H,3-5H2,1-2H3. The van der Waals surface area contributed by atoms with E-state index in [0.29, 0.717) is 0 Å². The third-order valence-electron chi connectivity index (χ3n) is 3.78. The van der Waals surface area contributed by atoms with Crippen LogP contribution in [-0.4, -0.2) is 96.8 Å². The molecule has 0 radical (unpaired) electrons. The van der Waals surface area contributed by atoms with Gasteiger partial charge in [-0.25, -0.2) is 9.59 Å². The van der Waals surface area contributed by atoms with Crippen LogP contribution in [0.3, 0.4) is 0 Å². The molecule has 21 heavy (non-hydrogen) atoms. The van der Waals surface area contributed by atoms with Crippen LogP contribution < -0.4 is 0 Å². The topological polar surface area (TPSA) is 128 Å². The quantitative estimate of drug-likeness (QED) is 0.464. The minimum atomic E-state index is -1.51. The fourth-order valence-corrected chi connectivity index (χ4v) is 2.52. The molecule has 0 saturated carbocycles. The Morgan fingerprint density at radius 2 is 1.00 bits per heavy atom. The van der Waals surface area contributed by atoms with Crippen LogP contribution in [0.1, 0.15) is 13.8 Å². The first-order chi connectivity index (χ1) is 9.84. The van der Waals surface area contributed by atoms with E-state index in [1.165, 1.54) is 0 Å². The number of hydrogen-bond donors (Lipinski definition) is 4. The number of rotatable bonds is 4. The second-order valence-corrected chi connectivity index (χ2v) is 4.87. The molecule has 120 valence electrons. The summed E-state index contributed by atoms with van der Waals surface area (Å²) in [7, 11) is 0. The molecule has 0 aromatic carbocycles. The van der Waals surface area contributed by atoms with E-state index in [4.69, 9.17) is 0 Å². The number of aliphatic hydroxyl groups excluding tert-OH is 4. The minimum Gasteiger partial charge on any atom is -0.369 e. The summed E-state index contributed by atoms with van der Waals surface area (Å²) in [5.74, 6) is 0. The molecule has 2 heterocycles. The molecule has 2 saturated heterocycles. The van der Waals surface area contributed by atoms with Crippen molar-refractivity contribution >= 4 is 12.1 Å². The molecule has 10 nitrogen and oxygen atoms in total. The van der Waals surface area contributed by atoms with Crippen molar-refractivity contribution in [1.29, 1.82) is 0 Å². The summed E-state index contributed by atoms with van der Waals surface area (Å²) in [6, 6.07) is -1.30. The number of carbonyl (C=O) groups is 2. The summed E-state index contributed by atoms with van der Waals surface area (Å²) in [5.41, 5.74) is 0. The van der Waals surface area contributed by atoms with Crippen molar-refractivity contribution in [2.45, 2.75) is 38.8 Å². The number of carbonyl (C=O) groups excluding carboxylic acids is 2. The Morgan fingerprint density at radius 1 is 0.714 bits per heavy atom. The Morgan fingerprint density at radius 3 is 1.24 bits per heavy atom. The van der Waals surface area contributed by atoms with Gasteiger partial charge in [0.15, 0.2) is 24.9 Å². The highest BCUT2D eigenvalue weighted by molar-refractivity contribution is 5.80. The minimum absolute atomic E-state index is 0.188. The molecule has 10 heteroatoms. The summed E-state index contributed by atoms with van der Waals surface area (Å²) < 4.78 is 0. The zero-order chi connectivity index (χ0) is 15.9. The lowest BCUT2D eigenvalue weighted by molar-refractivity contribution is -0.0974. The molecule has 4 amide bonds. The van der Waals surface area contributed by atoms with Gasteiger partial charge >= 0.3 is 12.1 Å². The first-order valence-corrected chi connectivity index (χ1v) is 6.71. The summed E-state index contributed by atoms with van der Waals surface area (Å²) in [5, 5.41) is 39.2. The van der Waals surface area contributed by atoms with Crippen LogP contribution in [0.25, 0.3) is 0 Å². The molecule has 0 aromatic heterocycles. The molecule has 0 bridgehead atoms. The molecule has 2 aliphatic rings. The van der Waals surface area contributed by atoms with Crippen LogP contribution in [0.15, 0.2) is 0 Å². The van der Waals surface area contributed by atoms with E-state index < -0.39 is 43.6 Å². The number of urea groups is 2. The number of hydrogen-bond acceptors (Lipinski definition) is 6. The molecule has 4 N–H and O–H groups in total. The zero-order valence-corrected chi connectivity index (χ0v) is 11.8. The Kier molecular flexibility index (Phi) is 4.23. The van der Waals surface area contributed by atoms with E-state index in [1.54, 1.807) is 13.8 Å². The van der Waals surface area contributed by atoms with Gasteiger partial charge in [-0.3, -0.25) is 19.6 Å². The van der Waals surface area contributed by atoms with Crippen molar-refractivity contribution in [1.82, 2.24) is 19.6 Å². The second-order valence-electron chi connectivity index (χ2n) is 4.87. The van der Waals surface area contributed by atoms with E-state index in [0.717, 1.165) is 19.6 Å². The highest BCUT2D eigenvalue weighted by Gasteiger charge is 2.49. The molecular weight excluding hydrogens is 284 g/mol. The van der Waals surface area contributed by atoms with Crippen LogP contribution in [0, 0.1) is 0 Å². The first kappa shape index (κ1) is 15.8. The second kappa shape index (κ2) is 5.64. The van der Waals surface area contributed by atoms with E-state index >= 15 is 0 Å². The van der Waals surface area contributed by atoms with Gasteiger partial charge in [0.05, 0.1) is 0 Å². The number of nitrogens with zero attached hydrogens (tertiary/aromatic N) is 4. The van der Waals surface area contributed by atoms with Crippen molar-refractivity contribution in [3.63, 3.8) is 0 Å². The van der Waals surface area contributed by atoms with Crippen molar-refractivity contribution in [3.8, 4) is 0 Å². The molecule has 2 rings (SSSR count). The summed E-state index contributed by atoms with van der Waals surface area (Å²) in [6.45, 7) is 3.22. The average molecular weight is 304 g/mol. The van der Waals surface area contributed by atoms with Crippen molar-refractivity contribution < 1.29 is 30.0 Å². The van der Waals surface area contributed by atoms with E-state index in [9.17, 15) is 30.0 Å². The summed E-state index contributed by atoms with van der Waals surface area (Å²) in [4.78, 5) is 27.8. The maximum atomic E-state index is 12.0. The smallest absolute Gasteiger partial charge is 0.325 e. The lowest BCUT2D eigenvalue weighted by atomic mass is 10.4. The highest BCUT2D eigenvalue weighted by Crippen LogP contribution is 2.24. The van der Waals surface area contributed by atoms with Gasteiger partial charge in [0.2, 0.25) is 0 Å². The van der Waals surface area contributed by atoms with Crippen molar-refractivity contribution in [2.75, 3.05) is 19.8 Å². The monoisotopic (exact) mass is 304 g/mol. The average Bonchev–Trinajstić information content (AvgIpc) is 2.78. The van der Waals surface area contributed by atoms with E-state index in [1.807, 2.05) is 0 Å². The van der Waals surface area contributed by atoms with Crippen molar-refractivity contribution in [2.24, 2.45) is 0 Å². The normalized spacial score (nSPS) is 33.6. The van der Waals surface area contributed by atoms with E-state index in [-0.39, 0.29) is 13.1 Å². The number of amides is 4. The predicted molar refractivity (Wildman–Crippen MR) is 68.1 cm³/mol. The molecule has 2 fully saturated rings. The maximum absolute atomic E-state index is 12.0. The fraction of sp³-hybridized carbons (Fsp3) is 0.818. The lowest BCUT2D eigenvalue weighted by Gasteiger charge is -2.27. The van der Waals surface area contributed by atoms with Crippen LogP contribution in [0.4, 0.5) is 9.59 Å². The van der Waals surface area contributed by atoms with Crippen molar-refractivity contribution in [3.05, 3.63) is 0 Å². The van der Waals surface area contributed by atoms with Gasteiger partial charge in [0.25, 0.3) is 0 Å². The predicted octanol–water partition coefficient (Wildman–Crippen LogP) is -2.27. The molecule has 0 aromatic rings. The van der Waals surface area contributed by atoms with Gasteiger partial charge in [-0.2, -0.15) is 0 Å². The molecule has 0 spiro atoms. The van der Waals surface area contributed by atoms with Gasteiger partial charge in [-0.1, -0.05) is 0 Å². The van der Waals surface area contributed by atoms with Crippen LogP contribution in [-0.2, 0) is 0 Å². The number of likely N-dealkylation sites (N-methyl/N-ethyl adjacent to an activating group) is 2. The van der Waals surface area contributed by atoms with Crippen LogP contribution >= 0.6 is 0 Å². The molecule has 4 atom stereocenters. The molecule has 0 aliphatic carbocycles. The van der Waals surface area contributed by atoms with Gasteiger partial charge in [-0.05, 0) is 13.8 Å². The Balaban J connectivity index is 2.15. The Hall–Kier alpha value is -1.62. The zero-order valence-electron chi connectivity index (χ0n) is 11.8. The van der Waals surface area contributed by atoms with Gasteiger partial charge in [0, 0.05) is 13.1 Å². The Labute approximate surface area is 121 Å². The highest BCUT2D eigenvalue weighted by atomic mass is 16.4. The maximum Gasteiger partial charge on any atom is 0.325 e. The summed E-state index contributed by atoms with van der Waals surface area (Å²) in [6.07, 6.45) is -5.82.